The van der Waals surface area contributed by atoms with E-state index in [4.69, 9.17) is 33.4 Å². The summed E-state index contributed by atoms with van der Waals surface area (Å²) in [5.74, 6) is -0.161. The number of alkyl carbamates (subject to hydrolysis) is 1. The third kappa shape index (κ3) is 8.37. The van der Waals surface area contributed by atoms with E-state index in [1.807, 2.05) is 0 Å². The van der Waals surface area contributed by atoms with Crippen LogP contribution in [0.3, 0.4) is 0 Å². The van der Waals surface area contributed by atoms with Crippen molar-refractivity contribution in [2.24, 2.45) is 5.92 Å². The second-order valence-corrected chi connectivity index (χ2v) is 9.37. The van der Waals surface area contributed by atoms with Gasteiger partial charge in [-0.25, -0.2) is 15.3 Å². The average Bonchev–Trinajstić information content (AvgIpc) is 2.66. The third-order valence-corrected chi connectivity index (χ3v) is 5.06. The fraction of sp³-hybridized carbons (Fsp3) is 0.600. The number of rotatable bonds is 5. The van der Waals surface area contributed by atoms with Crippen LogP contribution in [0.4, 0.5) is 10.5 Å². The molecule has 172 valence electrons. The summed E-state index contributed by atoms with van der Waals surface area (Å²) < 4.78 is 5.38. The molecule has 0 bridgehead atoms. The molecule has 0 aromatic carbocycles. The van der Waals surface area contributed by atoms with Gasteiger partial charge in [0.05, 0.1) is 24.0 Å². The lowest BCUT2D eigenvalue weighted by atomic mass is 9.81. The summed E-state index contributed by atoms with van der Waals surface area (Å²) in [5.41, 5.74) is 2.64. The smallest absolute Gasteiger partial charge is 0.407 e. The van der Waals surface area contributed by atoms with Crippen LogP contribution in [0, 0.1) is 5.92 Å². The Bertz CT molecular complexity index is 785. The molecule has 0 spiro atoms. The van der Waals surface area contributed by atoms with Crippen LogP contribution in [0.15, 0.2) is 18.3 Å². The highest BCUT2D eigenvalue weighted by Gasteiger charge is 2.36. The number of amides is 2. The van der Waals surface area contributed by atoms with Crippen molar-refractivity contribution < 1.29 is 19.2 Å². The van der Waals surface area contributed by atoms with Gasteiger partial charge in [0.2, 0.25) is 5.91 Å². The monoisotopic (exact) mass is 471 g/mol. The summed E-state index contributed by atoms with van der Waals surface area (Å²) in [5, 5.41) is 6.46. The van der Waals surface area contributed by atoms with E-state index in [1.165, 1.54) is 6.20 Å². The summed E-state index contributed by atoms with van der Waals surface area (Å²) in [6.07, 6.45) is 2.72. The first-order valence-electron chi connectivity index (χ1n) is 10.00. The molecular weight excluding hydrogens is 442 g/mol. The Morgan fingerprint density at radius 3 is 2.48 bits per heavy atom. The number of thiocarbonyl (C=S) groups is 1. The summed E-state index contributed by atoms with van der Waals surface area (Å²) in [6.45, 7) is 5.38. The minimum Gasteiger partial charge on any atom is -0.444 e. The zero-order chi connectivity index (χ0) is 23.2. The maximum absolute atomic E-state index is 12.5. The number of halogens is 1. The van der Waals surface area contributed by atoms with Gasteiger partial charge in [-0.3, -0.25) is 4.79 Å². The number of nitrogens with zero attached hydrogens (tertiary/aromatic N) is 2. The second-order valence-electron chi connectivity index (χ2n) is 8.61. The molecule has 3 N–H and O–H groups in total. The van der Waals surface area contributed by atoms with Crippen LogP contribution in [0.5, 0.6) is 0 Å². The summed E-state index contributed by atoms with van der Waals surface area (Å²) in [6, 6.07) is 2.73. The van der Waals surface area contributed by atoms with Gasteiger partial charge in [0, 0.05) is 20.0 Å². The number of hydrogen-bond donors (Lipinski definition) is 3. The van der Waals surface area contributed by atoms with E-state index in [0.29, 0.717) is 30.1 Å². The van der Waals surface area contributed by atoms with Gasteiger partial charge in [0.15, 0.2) is 0 Å². The SMILES string of the molecule is CN(C)C(=O)[C@H]1CC[C@H](NC(=S)ONc2ccc(Cl)nc2)[C@H](NC(=O)OC(C)(C)C)C1. The maximum atomic E-state index is 12.5. The highest BCUT2D eigenvalue weighted by molar-refractivity contribution is 7.80. The number of anilines is 1. The van der Waals surface area contributed by atoms with Crippen molar-refractivity contribution in [1.82, 2.24) is 20.5 Å². The Morgan fingerprint density at radius 2 is 1.90 bits per heavy atom. The quantitative estimate of drug-likeness (QED) is 0.342. The molecule has 0 aliphatic heterocycles. The Balaban J connectivity index is 2.00. The van der Waals surface area contributed by atoms with E-state index in [2.05, 4.69) is 21.1 Å². The van der Waals surface area contributed by atoms with Gasteiger partial charge in [-0.2, -0.15) is 0 Å². The van der Waals surface area contributed by atoms with Crippen LogP contribution in [0.2, 0.25) is 5.15 Å². The average molecular weight is 472 g/mol. The van der Waals surface area contributed by atoms with Crippen LogP contribution < -0.4 is 16.1 Å². The summed E-state index contributed by atoms with van der Waals surface area (Å²) in [7, 11) is 3.45. The van der Waals surface area contributed by atoms with Crippen molar-refractivity contribution in [3.05, 3.63) is 23.5 Å². The minimum absolute atomic E-state index is 0.0326. The molecule has 1 aliphatic rings. The van der Waals surface area contributed by atoms with Crippen LogP contribution in [-0.4, -0.2) is 58.8 Å². The normalized spacial score (nSPS) is 20.9. The molecule has 1 aromatic rings. The fourth-order valence-electron chi connectivity index (χ4n) is 3.27. The van der Waals surface area contributed by atoms with Crippen LogP contribution >= 0.6 is 23.8 Å². The van der Waals surface area contributed by atoms with Crippen molar-refractivity contribution in [2.75, 3.05) is 19.6 Å². The van der Waals surface area contributed by atoms with Gasteiger partial charge in [-0.1, -0.05) is 11.6 Å². The number of carbonyl (C=O) groups excluding carboxylic acids is 2. The van der Waals surface area contributed by atoms with Crippen LogP contribution in [-0.2, 0) is 14.4 Å². The lowest BCUT2D eigenvalue weighted by Gasteiger charge is -2.37. The van der Waals surface area contributed by atoms with E-state index in [9.17, 15) is 9.59 Å². The van der Waals surface area contributed by atoms with Crippen molar-refractivity contribution >= 4 is 46.7 Å². The molecule has 2 amide bonds. The van der Waals surface area contributed by atoms with Crippen LogP contribution in [0.25, 0.3) is 0 Å². The van der Waals surface area contributed by atoms with Gasteiger partial charge in [0.25, 0.3) is 5.17 Å². The van der Waals surface area contributed by atoms with Crippen LogP contribution in [0.1, 0.15) is 40.0 Å². The van der Waals surface area contributed by atoms with Crippen molar-refractivity contribution in [2.45, 2.75) is 57.7 Å². The maximum Gasteiger partial charge on any atom is 0.407 e. The molecule has 9 nitrogen and oxygen atoms in total. The molecule has 1 aliphatic carbocycles. The number of ether oxygens (including phenoxy) is 1. The van der Waals surface area contributed by atoms with E-state index in [1.54, 1.807) is 51.9 Å². The molecule has 2 rings (SSSR count). The Labute approximate surface area is 193 Å². The summed E-state index contributed by atoms with van der Waals surface area (Å²) in [4.78, 5) is 35.7. The number of hydrogen-bond acceptors (Lipinski definition) is 7. The topological polar surface area (TPSA) is 105 Å². The lowest BCUT2D eigenvalue weighted by molar-refractivity contribution is -0.134. The van der Waals surface area contributed by atoms with E-state index < -0.39 is 11.7 Å². The number of nitrogens with one attached hydrogen (secondary N) is 3. The standard InChI is InChI=1S/C20H30ClN5O4S/c1-20(2,3)29-18(28)23-15-10-12(17(27)26(4)5)6-8-14(15)24-19(31)30-25-13-7-9-16(21)22-11-13/h7,9,11-12,14-15,25H,6,8,10H2,1-5H3,(H,23,28)(H,24,31)/t12-,14-,15+/m0/s1. The lowest BCUT2D eigenvalue weighted by Crippen LogP contribution is -2.56. The van der Waals surface area contributed by atoms with Crippen molar-refractivity contribution in [3.63, 3.8) is 0 Å². The molecule has 0 saturated heterocycles. The zero-order valence-corrected chi connectivity index (χ0v) is 20.0. The molecule has 3 atom stereocenters. The molecule has 0 radical (unpaired) electrons. The van der Waals surface area contributed by atoms with Gasteiger partial charge in [-0.05, 0) is 64.4 Å². The van der Waals surface area contributed by atoms with E-state index >= 15 is 0 Å². The first-order chi connectivity index (χ1) is 14.4. The minimum atomic E-state index is -0.629. The van der Waals surface area contributed by atoms with Gasteiger partial charge in [0.1, 0.15) is 10.8 Å². The van der Waals surface area contributed by atoms with Gasteiger partial charge in [-0.15, -0.1) is 0 Å². The fourth-order valence-corrected chi connectivity index (χ4v) is 3.58. The van der Waals surface area contributed by atoms with E-state index in [-0.39, 0.29) is 29.1 Å². The highest BCUT2D eigenvalue weighted by Crippen LogP contribution is 2.27. The molecular formula is C20H30ClN5O4S. The Morgan fingerprint density at radius 1 is 1.19 bits per heavy atom. The first-order valence-corrected chi connectivity index (χ1v) is 10.8. The molecule has 31 heavy (non-hydrogen) atoms. The molecule has 1 aromatic heterocycles. The van der Waals surface area contributed by atoms with Crippen molar-refractivity contribution in [3.8, 4) is 0 Å². The Hall–Kier alpha value is -2.33. The van der Waals surface area contributed by atoms with Crippen molar-refractivity contribution in [1.29, 1.82) is 0 Å². The third-order valence-electron chi connectivity index (χ3n) is 4.63. The zero-order valence-electron chi connectivity index (χ0n) is 18.4. The number of aromatic nitrogens is 1. The Kier molecular flexibility index (Phi) is 8.69. The van der Waals surface area contributed by atoms with Gasteiger partial charge >= 0.3 is 6.09 Å². The van der Waals surface area contributed by atoms with Gasteiger partial charge < -0.3 is 25.1 Å². The second kappa shape index (κ2) is 10.8. The number of carbonyl (C=O) groups is 2. The molecule has 1 heterocycles. The molecule has 1 saturated carbocycles. The number of pyridine rings is 1. The predicted octanol–water partition coefficient (Wildman–Crippen LogP) is 3.10. The highest BCUT2D eigenvalue weighted by atomic mass is 35.5. The first kappa shape index (κ1) is 24.9. The van der Waals surface area contributed by atoms with E-state index in [0.717, 1.165) is 0 Å². The summed E-state index contributed by atoms with van der Waals surface area (Å²) >= 11 is 11.0. The molecule has 0 unspecified atom stereocenters. The largest absolute Gasteiger partial charge is 0.444 e. The molecule has 11 heteroatoms. The predicted molar refractivity (Wildman–Crippen MR) is 123 cm³/mol. The molecule has 1 fully saturated rings.